The standard InChI is InChI=1S/C20H25N7O/c1-15-10-19(25(2)24-15)27-8-6-18(13-27)23-20(28)22-17-5-3-4-16(11-17)12-26-9-7-21-14-26/h3-5,7,9-11,14,18H,6,8,12-13H2,1-2H3,(H2,22,23,28). The number of amides is 2. The highest BCUT2D eigenvalue weighted by Gasteiger charge is 2.26. The van der Waals surface area contributed by atoms with E-state index >= 15 is 0 Å². The van der Waals surface area contributed by atoms with Crippen molar-refractivity contribution in [2.24, 2.45) is 7.05 Å². The summed E-state index contributed by atoms with van der Waals surface area (Å²) in [6, 6.07) is 9.89. The molecule has 1 saturated heterocycles. The summed E-state index contributed by atoms with van der Waals surface area (Å²) in [7, 11) is 1.95. The third-order valence-corrected chi connectivity index (χ3v) is 4.93. The normalized spacial score (nSPS) is 16.4. The Morgan fingerprint density at radius 2 is 2.21 bits per heavy atom. The number of aryl methyl sites for hydroxylation is 2. The first-order valence-corrected chi connectivity index (χ1v) is 9.44. The molecule has 1 aliphatic heterocycles. The van der Waals surface area contributed by atoms with E-state index in [1.807, 2.05) is 53.7 Å². The van der Waals surface area contributed by atoms with Crippen molar-refractivity contribution in [1.82, 2.24) is 24.6 Å². The van der Waals surface area contributed by atoms with Gasteiger partial charge in [0, 0.05) is 56.9 Å². The third-order valence-electron chi connectivity index (χ3n) is 4.93. The number of carbonyl (C=O) groups is 1. The lowest BCUT2D eigenvalue weighted by atomic mass is 10.2. The van der Waals surface area contributed by atoms with E-state index in [-0.39, 0.29) is 12.1 Å². The Morgan fingerprint density at radius 1 is 1.32 bits per heavy atom. The zero-order chi connectivity index (χ0) is 19.5. The van der Waals surface area contributed by atoms with Crippen LogP contribution in [0.15, 0.2) is 49.1 Å². The second-order valence-electron chi connectivity index (χ2n) is 7.23. The number of hydrogen-bond acceptors (Lipinski definition) is 4. The van der Waals surface area contributed by atoms with Gasteiger partial charge in [-0.15, -0.1) is 0 Å². The molecule has 1 aromatic carbocycles. The molecule has 4 rings (SSSR count). The molecule has 146 valence electrons. The van der Waals surface area contributed by atoms with Crippen LogP contribution >= 0.6 is 0 Å². The number of hydrogen-bond donors (Lipinski definition) is 2. The molecule has 1 aliphatic rings. The highest BCUT2D eigenvalue weighted by Crippen LogP contribution is 2.21. The van der Waals surface area contributed by atoms with Crippen molar-refractivity contribution < 1.29 is 4.79 Å². The highest BCUT2D eigenvalue weighted by atomic mass is 16.2. The minimum absolute atomic E-state index is 0.115. The lowest BCUT2D eigenvalue weighted by Crippen LogP contribution is -2.39. The summed E-state index contributed by atoms with van der Waals surface area (Å²) in [6.45, 7) is 4.40. The van der Waals surface area contributed by atoms with Gasteiger partial charge in [-0.05, 0) is 31.0 Å². The molecule has 0 bridgehead atoms. The SMILES string of the molecule is Cc1cc(N2CCC(NC(=O)Nc3cccc(Cn4ccnc4)c3)C2)n(C)n1. The van der Waals surface area contributed by atoms with Crippen LogP contribution in [-0.2, 0) is 13.6 Å². The molecule has 0 spiro atoms. The second-order valence-corrected chi connectivity index (χ2v) is 7.23. The molecule has 1 fully saturated rings. The summed E-state index contributed by atoms with van der Waals surface area (Å²) in [5, 5.41) is 10.4. The molecule has 8 heteroatoms. The number of benzene rings is 1. The quantitative estimate of drug-likeness (QED) is 0.713. The van der Waals surface area contributed by atoms with Crippen LogP contribution in [-0.4, -0.2) is 44.5 Å². The van der Waals surface area contributed by atoms with Crippen LogP contribution in [0.3, 0.4) is 0 Å². The van der Waals surface area contributed by atoms with E-state index in [4.69, 9.17) is 0 Å². The molecule has 2 aromatic heterocycles. The van der Waals surface area contributed by atoms with Crippen molar-refractivity contribution in [3.8, 4) is 0 Å². The van der Waals surface area contributed by atoms with Crippen molar-refractivity contribution in [3.63, 3.8) is 0 Å². The average Bonchev–Trinajstić information content (AvgIpc) is 3.37. The molecule has 28 heavy (non-hydrogen) atoms. The number of imidazole rings is 1. The van der Waals surface area contributed by atoms with Crippen LogP contribution in [0.1, 0.15) is 17.7 Å². The van der Waals surface area contributed by atoms with E-state index in [9.17, 15) is 4.79 Å². The second kappa shape index (κ2) is 7.75. The van der Waals surface area contributed by atoms with Gasteiger partial charge in [-0.2, -0.15) is 5.10 Å². The van der Waals surface area contributed by atoms with Gasteiger partial charge in [0.25, 0.3) is 0 Å². The third kappa shape index (κ3) is 4.16. The van der Waals surface area contributed by atoms with E-state index < -0.39 is 0 Å². The molecule has 3 aromatic rings. The van der Waals surface area contributed by atoms with Crippen LogP contribution < -0.4 is 15.5 Å². The van der Waals surface area contributed by atoms with Gasteiger partial charge >= 0.3 is 6.03 Å². The summed E-state index contributed by atoms with van der Waals surface area (Å²) in [6.07, 6.45) is 6.37. The predicted molar refractivity (Wildman–Crippen MR) is 108 cm³/mol. The largest absolute Gasteiger partial charge is 0.355 e. The predicted octanol–water partition coefficient (Wildman–Crippen LogP) is 2.37. The summed E-state index contributed by atoms with van der Waals surface area (Å²) < 4.78 is 3.88. The van der Waals surface area contributed by atoms with E-state index in [0.717, 1.165) is 48.8 Å². The van der Waals surface area contributed by atoms with Gasteiger partial charge < -0.3 is 20.1 Å². The first kappa shape index (κ1) is 18.1. The smallest absolute Gasteiger partial charge is 0.319 e. The fourth-order valence-corrected chi connectivity index (χ4v) is 3.67. The molecule has 0 aliphatic carbocycles. The van der Waals surface area contributed by atoms with E-state index in [2.05, 4.69) is 31.7 Å². The maximum atomic E-state index is 12.4. The summed E-state index contributed by atoms with van der Waals surface area (Å²) in [5.74, 6) is 1.09. The summed E-state index contributed by atoms with van der Waals surface area (Å²) in [5.41, 5.74) is 2.89. The molecule has 0 radical (unpaired) electrons. The van der Waals surface area contributed by atoms with Crippen molar-refractivity contribution in [1.29, 1.82) is 0 Å². The molecule has 1 unspecified atom stereocenters. The molecule has 2 N–H and O–H groups in total. The van der Waals surface area contributed by atoms with Gasteiger partial charge in [0.1, 0.15) is 5.82 Å². The number of nitrogens with zero attached hydrogens (tertiary/aromatic N) is 5. The first-order valence-electron chi connectivity index (χ1n) is 9.44. The van der Waals surface area contributed by atoms with Crippen LogP contribution in [0.2, 0.25) is 0 Å². The van der Waals surface area contributed by atoms with Gasteiger partial charge in [-0.3, -0.25) is 4.68 Å². The Hall–Kier alpha value is -3.29. The van der Waals surface area contributed by atoms with E-state index in [0.29, 0.717) is 0 Å². The lowest BCUT2D eigenvalue weighted by molar-refractivity contribution is 0.249. The Labute approximate surface area is 164 Å². The minimum Gasteiger partial charge on any atom is -0.355 e. The Kier molecular flexibility index (Phi) is 5.01. The molecular weight excluding hydrogens is 354 g/mol. The zero-order valence-electron chi connectivity index (χ0n) is 16.2. The maximum Gasteiger partial charge on any atom is 0.319 e. The summed E-state index contributed by atoms with van der Waals surface area (Å²) in [4.78, 5) is 18.8. The number of carbonyl (C=O) groups excluding carboxylic acids is 1. The first-order chi connectivity index (χ1) is 13.6. The molecule has 1 atom stereocenters. The van der Waals surface area contributed by atoms with Crippen LogP contribution in [0.5, 0.6) is 0 Å². The maximum absolute atomic E-state index is 12.4. The lowest BCUT2D eigenvalue weighted by Gasteiger charge is -2.19. The van der Waals surface area contributed by atoms with Gasteiger partial charge in [0.15, 0.2) is 0 Å². The summed E-state index contributed by atoms with van der Waals surface area (Å²) >= 11 is 0. The fourth-order valence-electron chi connectivity index (χ4n) is 3.67. The van der Waals surface area contributed by atoms with Crippen molar-refractivity contribution in [2.45, 2.75) is 25.9 Å². The minimum atomic E-state index is -0.173. The number of rotatable bonds is 5. The Morgan fingerprint density at radius 3 is 2.96 bits per heavy atom. The molecule has 8 nitrogen and oxygen atoms in total. The van der Waals surface area contributed by atoms with Gasteiger partial charge in [-0.1, -0.05) is 12.1 Å². The molecule has 0 saturated carbocycles. The number of aromatic nitrogens is 4. The topological polar surface area (TPSA) is 80.0 Å². The Bertz CT molecular complexity index is 947. The van der Waals surface area contributed by atoms with E-state index in [1.165, 1.54) is 0 Å². The Balaban J connectivity index is 1.32. The average molecular weight is 379 g/mol. The van der Waals surface area contributed by atoms with Gasteiger partial charge in [0.05, 0.1) is 12.0 Å². The number of anilines is 2. The fraction of sp³-hybridized carbons (Fsp3) is 0.350. The van der Waals surface area contributed by atoms with Crippen LogP contribution in [0.4, 0.5) is 16.3 Å². The van der Waals surface area contributed by atoms with Crippen LogP contribution in [0.25, 0.3) is 0 Å². The van der Waals surface area contributed by atoms with E-state index in [1.54, 1.807) is 12.5 Å². The zero-order valence-corrected chi connectivity index (χ0v) is 16.2. The van der Waals surface area contributed by atoms with Crippen molar-refractivity contribution in [2.75, 3.05) is 23.3 Å². The molecule has 3 heterocycles. The monoisotopic (exact) mass is 379 g/mol. The van der Waals surface area contributed by atoms with Crippen LogP contribution in [0, 0.1) is 6.92 Å². The number of urea groups is 1. The molecule has 2 amide bonds. The molecular formula is C20H25N7O. The van der Waals surface area contributed by atoms with Gasteiger partial charge in [0.2, 0.25) is 0 Å². The van der Waals surface area contributed by atoms with Crippen molar-refractivity contribution in [3.05, 3.63) is 60.3 Å². The number of nitrogens with one attached hydrogen (secondary N) is 2. The highest BCUT2D eigenvalue weighted by molar-refractivity contribution is 5.89. The van der Waals surface area contributed by atoms with Crippen molar-refractivity contribution >= 4 is 17.5 Å². The van der Waals surface area contributed by atoms with Gasteiger partial charge in [-0.25, -0.2) is 9.78 Å².